The summed E-state index contributed by atoms with van der Waals surface area (Å²) in [6, 6.07) is 1.11. The smallest absolute Gasteiger partial charge is 0.132 e. The lowest BCUT2D eigenvalue weighted by Crippen LogP contribution is -2.36. The summed E-state index contributed by atoms with van der Waals surface area (Å²) in [5.74, 6) is 2.61. The largest absolute Gasteiger partial charge is 0.367 e. The molecule has 2 heterocycles. The molecule has 2 aliphatic rings. The second-order valence-electron chi connectivity index (χ2n) is 5.66. The zero-order valence-corrected chi connectivity index (χ0v) is 12.7. The maximum Gasteiger partial charge on any atom is 0.132 e. The number of hydrogen-bond donors (Lipinski definition) is 2. The van der Waals surface area contributed by atoms with Crippen molar-refractivity contribution in [2.24, 2.45) is 0 Å². The molecule has 0 aliphatic carbocycles. The molecule has 0 unspecified atom stereocenters. The number of hydrogen-bond acceptors (Lipinski definition) is 4. The van der Waals surface area contributed by atoms with Gasteiger partial charge in [0.1, 0.15) is 5.78 Å². The molecular weight excluding hydrogens is 256 g/mol. The summed E-state index contributed by atoms with van der Waals surface area (Å²) in [5.41, 5.74) is 0. The van der Waals surface area contributed by atoms with Gasteiger partial charge in [0.25, 0.3) is 0 Å². The van der Waals surface area contributed by atoms with E-state index in [0.717, 1.165) is 37.9 Å². The van der Waals surface area contributed by atoms with Crippen molar-refractivity contribution >= 4 is 17.5 Å². The quantitative estimate of drug-likeness (QED) is 0.672. The molecule has 2 saturated heterocycles. The van der Waals surface area contributed by atoms with E-state index in [4.69, 9.17) is 0 Å². The highest BCUT2D eigenvalue weighted by molar-refractivity contribution is 8.00. The fourth-order valence-electron chi connectivity index (χ4n) is 2.91. The number of carbonyl (C=O) groups is 1. The zero-order valence-electron chi connectivity index (χ0n) is 11.9. The predicted octanol–water partition coefficient (Wildman–Crippen LogP) is 2.82. The Morgan fingerprint density at radius 2 is 2.11 bits per heavy atom. The fourth-order valence-corrected chi connectivity index (χ4v) is 4.46. The van der Waals surface area contributed by atoms with Crippen LogP contribution < -0.4 is 10.6 Å². The molecule has 0 saturated carbocycles. The standard InChI is InChI=1S/C15H26N2OS/c1-3-4-7-12(18)8-5-6-9-14-15-13(10-19-14)16-11(2)17-15/h13-17H,2-10H2,1H3/t13-,14+,15-/m0/s1. The first kappa shape index (κ1) is 14.8. The molecule has 0 amide bonds. The summed E-state index contributed by atoms with van der Waals surface area (Å²) >= 11 is 2.06. The van der Waals surface area contributed by atoms with Crippen LogP contribution in [0.25, 0.3) is 0 Å². The monoisotopic (exact) mass is 282 g/mol. The molecule has 4 heteroatoms. The number of ketones is 1. The third-order valence-corrected chi connectivity index (χ3v) is 5.54. The Hall–Kier alpha value is -0.640. The number of nitrogens with one attached hydrogen (secondary N) is 2. The van der Waals surface area contributed by atoms with Gasteiger partial charge in [-0.1, -0.05) is 26.3 Å². The van der Waals surface area contributed by atoms with Crippen LogP contribution in [0.3, 0.4) is 0 Å². The van der Waals surface area contributed by atoms with Crippen LogP contribution in [-0.2, 0) is 4.79 Å². The maximum absolute atomic E-state index is 11.6. The van der Waals surface area contributed by atoms with Crippen molar-refractivity contribution in [3.63, 3.8) is 0 Å². The number of fused-ring (bicyclic) bond motifs is 1. The summed E-state index contributed by atoms with van der Waals surface area (Å²) in [4.78, 5) is 11.6. The molecule has 3 nitrogen and oxygen atoms in total. The molecule has 0 spiro atoms. The number of Topliss-reactive ketones (excluding diaryl/α,β-unsaturated/α-hetero) is 1. The molecule has 0 aromatic rings. The van der Waals surface area contributed by atoms with Gasteiger partial charge in [-0.25, -0.2) is 0 Å². The first-order valence-electron chi connectivity index (χ1n) is 7.56. The van der Waals surface area contributed by atoms with Crippen LogP contribution in [0, 0.1) is 0 Å². The molecule has 0 aromatic heterocycles. The number of rotatable bonds is 8. The summed E-state index contributed by atoms with van der Waals surface area (Å²) in [7, 11) is 0. The van der Waals surface area contributed by atoms with Gasteiger partial charge in [0.15, 0.2) is 0 Å². The highest BCUT2D eigenvalue weighted by Gasteiger charge is 2.40. The van der Waals surface area contributed by atoms with Crippen molar-refractivity contribution in [1.82, 2.24) is 10.6 Å². The molecule has 108 valence electrons. The minimum atomic E-state index is 0.452. The lowest BCUT2D eigenvalue weighted by molar-refractivity contribution is -0.119. The molecule has 2 aliphatic heterocycles. The number of carbonyl (C=O) groups excluding carboxylic acids is 1. The van der Waals surface area contributed by atoms with E-state index in [0.29, 0.717) is 23.1 Å². The van der Waals surface area contributed by atoms with Gasteiger partial charge in [0.2, 0.25) is 0 Å². The Morgan fingerprint density at radius 3 is 2.89 bits per heavy atom. The molecule has 2 rings (SSSR count). The Morgan fingerprint density at radius 1 is 1.32 bits per heavy atom. The van der Waals surface area contributed by atoms with Crippen molar-refractivity contribution in [2.45, 2.75) is 69.2 Å². The van der Waals surface area contributed by atoms with Crippen LogP contribution >= 0.6 is 11.8 Å². The lowest BCUT2D eigenvalue weighted by Gasteiger charge is -2.17. The SMILES string of the molecule is C=C1N[C@H]2[C@H](CS[C@@H]2CCCCC(=O)CCCC)N1. The van der Waals surface area contributed by atoms with Crippen molar-refractivity contribution < 1.29 is 4.79 Å². The molecule has 0 aromatic carbocycles. The van der Waals surface area contributed by atoms with Crippen LogP contribution in [0.15, 0.2) is 12.4 Å². The van der Waals surface area contributed by atoms with E-state index in [1.165, 1.54) is 18.6 Å². The van der Waals surface area contributed by atoms with E-state index in [2.05, 4.69) is 35.9 Å². The van der Waals surface area contributed by atoms with E-state index in [1.54, 1.807) is 0 Å². The third-order valence-electron chi connectivity index (χ3n) is 4.03. The van der Waals surface area contributed by atoms with E-state index in [-0.39, 0.29) is 0 Å². The second kappa shape index (κ2) is 7.22. The maximum atomic E-state index is 11.6. The highest BCUT2D eigenvalue weighted by Crippen LogP contribution is 2.34. The number of thioether (sulfide) groups is 1. The molecule has 3 atom stereocenters. The average Bonchev–Trinajstić information content (AvgIpc) is 2.92. The zero-order chi connectivity index (χ0) is 13.7. The molecular formula is C15H26N2OS. The molecule has 2 N–H and O–H groups in total. The first-order valence-corrected chi connectivity index (χ1v) is 8.61. The predicted molar refractivity (Wildman–Crippen MR) is 82.2 cm³/mol. The van der Waals surface area contributed by atoms with E-state index >= 15 is 0 Å². The summed E-state index contributed by atoms with van der Waals surface area (Å²) in [6.45, 7) is 6.08. The van der Waals surface area contributed by atoms with Crippen LogP contribution in [0.5, 0.6) is 0 Å². The normalized spacial score (nSPS) is 28.9. The van der Waals surface area contributed by atoms with Gasteiger partial charge in [-0.05, 0) is 19.3 Å². The van der Waals surface area contributed by atoms with Crippen molar-refractivity contribution in [3.8, 4) is 0 Å². The minimum Gasteiger partial charge on any atom is -0.367 e. The minimum absolute atomic E-state index is 0.452. The van der Waals surface area contributed by atoms with E-state index in [1.807, 2.05) is 0 Å². The van der Waals surface area contributed by atoms with Gasteiger partial charge in [-0.3, -0.25) is 4.79 Å². The summed E-state index contributed by atoms with van der Waals surface area (Å²) in [5, 5.41) is 7.53. The molecule has 19 heavy (non-hydrogen) atoms. The van der Waals surface area contributed by atoms with Crippen molar-refractivity contribution in [2.75, 3.05) is 5.75 Å². The average molecular weight is 282 g/mol. The second-order valence-corrected chi connectivity index (χ2v) is 6.93. The topological polar surface area (TPSA) is 41.1 Å². The lowest BCUT2D eigenvalue weighted by atomic mass is 10.0. The highest BCUT2D eigenvalue weighted by atomic mass is 32.2. The summed E-state index contributed by atoms with van der Waals surface area (Å²) < 4.78 is 0. The van der Waals surface area contributed by atoms with Crippen LogP contribution in [0.2, 0.25) is 0 Å². The Balaban J connectivity index is 1.59. The van der Waals surface area contributed by atoms with Crippen LogP contribution in [-0.4, -0.2) is 28.9 Å². The van der Waals surface area contributed by atoms with Gasteiger partial charge in [0.05, 0.1) is 17.9 Å². The van der Waals surface area contributed by atoms with E-state index < -0.39 is 0 Å². The van der Waals surface area contributed by atoms with Gasteiger partial charge in [-0.15, -0.1) is 0 Å². The molecule has 2 fully saturated rings. The molecule has 0 radical (unpaired) electrons. The first-order chi connectivity index (χ1) is 9.20. The summed E-state index contributed by atoms with van der Waals surface area (Å²) in [6.07, 6.45) is 7.19. The third kappa shape index (κ3) is 4.16. The van der Waals surface area contributed by atoms with Gasteiger partial charge >= 0.3 is 0 Å². The van der Waals surface area contributed by atoms with Crippen molar-refractivity contribution in [1.29, 1.82) is 0 Å². The van der Waals surface area contributed by atoms with Gasteiger partial charge in [-0.2, -0.15) is 11.8 Å². The Bertz CT molecular complexity index is 332. The van der Waals surface area contributed by atoms with Crippen LogP contribution in [0.4, 0.5) is 0 Å². The van der Waals surface area contributed by atoms with Crippen molar-refractivity contribution in [3.05, 3.63) is 12.4 Å². The van der Waals surface area contributed by atoms with E-state index in [9.17, 15) is 4.79 Å². The van der Waals surface area contributed by atoms with Gasteiger partial charge < -0.3 is 10.6 Å². The fraction of sp³-hybridized carbons (Fsp3) is 0.800. The van der Waals surface area contributed by atoms with Gasteiger partial charge in [0, 0.05) is 23.8 Å². The molecule has 0 bridgehead atoms. The Labute approximate surface area is 121 Å². The van der Waals surface area contributed by atoms with Crippen LogP contribution in [0.1, 0.15) is 51.9 Å². The Kier molecular flexibility index (Phi) is 5.61. The number of unbranched alkanes of at least 4 members (excludes halogenated alkanes) is 2.